The lowest BCUT2D eigenvalue weighted by atomic mass is 9.78. The van der Waals surface area contributed by atoms with Gasteiger partial charge in [0.15, 0.2) is 0 Å². The Morgan fingerprint density at radius 2 is 2.19 bits per heavy atom. The van der Waals surface area contributed by atoms with Gasteiger partial charge in [0.25, 0.3) is 0 Å². The van der Waals surface area contributed by atoms with E-state index in [1.165, 1.54) is 12.5 Å². The van der Waals surface area contributed by atoms with Gasteiger partial charge in [-0.2, -0.15) is 0 Å². The Balaban J connectivity index is 2.15. The highest BCUT2D eigenvalue weighted by molar-refractivity contribution is 5.79. The monoisotopic (exact) mass is 293 g/mol. The zero-order valence-corrected chi connectivity index (χ0v) is 12.8. The number of ether oxygens (including phenoxy) is 1. The van der Waals surface area contributed by atoms with E-state index in [1.54, 1.807) is 25.1 Å². The van der Waals surface area contributed by atoms with Crippen LogP contribution in [0.3, 0.4) is 0 Å². The molecule has 116 valence electrons. The minimum absolute atomic E-state index is 0.201. The third kappa shape index (κ3) is 4.19. The van der Waals surface area contributed by atoms with E-state index in [1.807, 2.05) is 0 Å². The van der Waals surface area contributed by atoms with Gasteiger partial charge in [-0.15, -0.1) is 0 Å². The van der Waals surface area contributed by atoms with Crippen molar-refractivity contribution in [2.24, 2.45) is 11.8 Å². The summed E-state index contributed by atoms with van der Waals surface area (Å²) in [6.45, 7) is 4.34. The summed E-state index contributed by atoms with van der Waals surface area (Å²) >= 11 is 0. The first kappa shape index (κ1) is 15.8. The molecule has 3 atom stereocenters. The van der Waals surface area contributed by atoms with Gasteiger partial charge in [-0.3, -0.25) is 0 Å². The van der Waals surface area contributed by atoms with Crippen LogP contribution >= 0.6 is 0 Å². The van der Waals surface area contributed by atoms with Crippen molar-refractivity contribution in [1.29, 1.82) is 0 Å². The van der Waals surface area contributed by atoms with Crippen LogP contribution in [0.1, 0.15) is 39.5 Å². The average Bonchev–Trinajstić information content (AvgIpc) is 2.46. The van der Waals surface area contributed by atoms with Gasteiger partial charge in [-0.1, -0.05) is 31.9 Å². The first-order valence-electron chi connectivity index (χ1n) is 7.79. The summed E-state index contributed by atoms with van der Waals surface area (Å²) in [5.41, 5.74) is 0.369. The van der Waals surface area contributed by atoms with E-state index in [0.717, 1.165) is 19.3 Å². The fraction of sp³-hybridized carbons (Fsp3) is 0.588. The molecule has 4 heteroatoms. The smallest absolute Gasteiger partial charge is 0.328 e. The Bertz CT molecular complexity index is 478. The second-order valence-electron chi connectivity index (χ2n) is 5.89. The van der Waals surface area contributed by atoms with Crippen LogP contribution in [0.15, 0.2) is 24.3 Å². The molecule has 0 amide bonds. The third-order valence-corrected chi connectivity index (χ3v) is 4.17. The van der Waals surface area contributed by atoms with E-state index >= 15 is 0 Å². The van der Waals surface area contributed by atoms with Gasteiger partial charge in [0, 0.05) is 0 Å². The number of hydrogen-bond donors (Lipinski definition) is 1. The lowest BCUT2D eigenvalue weighted by molar-refractivity contribution is -0.145. The molecule has 3 unspecified atom stereocenters. The first-order chi connectivity index (χ1) is 10.1. The van der Waals surface area contributed by atoms with Crippen LogP contribution in [0, 0.1) is 17.7 Å². The van der Waals surface area contributed by atoms with Crippen molar-refractivity contribution in [3.63, 3.8) is 0 Å². The zero-order chi connectivity index (χ0) is 15.2. The van der Waals surface area contributed by atoms with Crippen molar-refractivity contribution in [3.8, 4) is 0 Å². The van der Waals surface area contributed by atoms with E-state index < -0.39 is 6.04 Å². The average molecular weight is 293 g/mol. The van der Waals surface area contributed by atoms with E-state index in [4.69, 9.17) is 4.74 Å². The zero-order valence-electron chi connectivity index (χ0n) is 12.8. The van der Waals surface area contributed by atoms with Crippen molar-refractivity contribution in [1.82, 2.24) is 0 Å². The highest BCUT2D eigenvalue weighted by Crippen LogP contribution is 2.32. The van der Waals surface area contributed by atoms with Gasteiger partial charge in [0.05, 0.1) is 12.3 Å². The quantitative estimate of drug-likeness (QED) is 0.834. The molecule has 1 saturated carbocycles. The molecule has 3 nitrogen and oxygen atoms in total. The molecule has 1 aromatic rings. The summed E-state index contributed by atoms with van der Waals surface area (Å²) in [7, 11) is 0. The highest BCUT2D eigenvalue weighted by atomic mass is 19.1. The normalized spacial score (nSPS) is 23.4. The molecule has 0 spiro atoms. The molecule has 0 bridgehead atoms. The van der Waals surface area contributed by atoms with Crippen LogP contribution in [0.4, 0.5) is 10.1 Å². The van der Waals surface area contributed by atoms with Gasteiger partial charge < -0.3 is 10.1 Å². The number of benzene rings is 1. The van der Waals surface area contributed by atoms with Crippen molar-refractivity contribution < 1.29 is 13.9 Å². The molecule has 0 heterocycles. The molecule has 1 fully saturated rings. The number of rotatable bonds is 5. The summed E-state index contributed by atoms with van der Waals surface area (Å²) in [6, 6.07) is 5.99. The molecule has 1 N–H and O–H groups in total. The maximum absolute atomic E-state index is 13.8. The molecular weight excluding hydrogens is 269 g/mol. The number of anilines is 1. The van der Waals surface area contributed by atoms with Gasteiger partial charge in [0.1, 0.15) is 11.9 Å². The molecule has 1 aliphatic carbocycles. The van der Waals surface area contributed by atoms with Crippen LogP contribution in [0.5, 0.6) is 0 Å². The topological polar surface area (TPSA) is 38.3 Å². The number of para-hydroxylation sites is 1. The van der Waals surface area contributed by atoms with Crippen molar-refractivity contribution >= 4 is 11.7 Å². The number of halogens is 1. The summed E-state index contributed by atoms with van der Waals surface area (Å²) in [5, 5.41) is 3.07. The molecule has 0 radical (unpaired) electrons. The minimum Gasteiger partial charge on any atom is -0.464 e. The van der Waals surface area contributed by atoms with E-state index in [0.29, 0.717) is 18.2 Å². The Morgan fingerprint density at radius 3 is 2.86 bits per heavy atom. The predicted molar refractivity (Wildman–Crippen MR) is 81.6 cm³/mol. The SMILES string of the molecule is CCOC(=O)C(Nc1ccccc1F)C1CCCC(C)C1. The number of nitrogens with one attached hydrogen (secondary N) is 1. The number of carbonyl (C=O) groups is 1. The van der Waals surface area contributed by atoms with Gasteiger partial charge in [-0.25, -0.2) is 9.18 Å². The number of carbonyl (C=O) groups excluding carboxylic acids is 1. The van der Waals surface area contributed by atoms with Crippen molar-refractivity contribution in [3.05, 3.63) is 30.1 Å². The molecule has 0 aromatic heterocycles. The lowest BCUT2D eigenvalue weighted by Crippen LogP contribution is -2.40. The number of esters is 1. The Morgan fingerprint density at radius 1 is 1.43 bits per heavy atom. The molecule has 1 aliphatic rings. The maximum atomic E-state index is 13.8. The van der Waals surface area contributed by atoms with E-state index in [-0.39, 0.29) is 17.7 Å². The molecule has 0 saturated heterocycles. The highest BCUT2D eigenvalue weighted by Gasteiger charge is 2.33. The van der Waals surface area contributed by atoms with Gasteiger partial charge >= 0.3 is 5.97 Å². The van der Waals surface area contributed by atoms with Crippen molar-refractivity contribution in [2.75, 3.05) is 11.9 Å². The predicted octanol–water partition coefficient (Wildman–Crippen LogP) is 4.00. The fourth-order valence-electron chi connectivity index (χ4n) is 3.13. The maximum Gasteiger partial charge on any atom is 0.328 e. The number of hydrogen-bond acceptors (Lipinski definition) is 3. The molecule has 2 rings (SSSR count). The Labute approximate surface area is 125 Å². The first-order valence-corrected chi connectivity index (χ1v) is 7.79. The van der Waals surface area contributed by atoms with E-state index in [9.17, 15) is 9.18 Å². The van der Waals surface area contributed by atoms with Crippen molar-refractivity contribution in [2.45, 2.75) is 45.6 Å². The fourth-order valence-corrected chi connectivity index (χ4v) is 3.13. The summed E-state index contributed by atoms with van der Waals surface area (Å²) in [4.78, 5) is 12.3. The minimum atomic E-state index is -0.468. The Kier molecular flexibility index (Phi) is 5.59. The summed E-state index contributed by atoms with van der Waals surface area (Å²) in [5.74, 6) is 0.186. The Hall–Kier alpha value is -1.58. The van der Waals surface area contributed by atoms with Gasteiger partial charge in [0.2, 0.25) is 0 Å². The molecule has 21 heavy (non-hydrogen) atoms. The summed E-state index contributed by atoms with van der Waals surface area (Å²) in [6.07, 6.45) is 4.27. The molecule has 1 aromatic carbocycles. The van der Waals surface area contributed by atoms with Crippen LogP contribution in [-0.4, -0.2) is 18.6 Å². The van der Waals surface area contributed by atoms with Crippen LogP contribution in [-0.2, 0) is 9.53 Å². The second kappa shape index (κ2) is 7.43. The molecule has 0 aliphatic heterocycles. The summed E-state index contributed by atoms with van der Waals surface area (Å²) < 4.78 is 19.0. The standard InChI is InChI=1S/C17H24FNO2/c1-3-21-17(20)16(13-8-6-7-12(2)11-13)19-15-10-5-4-9-14(15)18/h4-5,9-10,12-13,16,19H,3,6-8,11H2,1-2H3. The largest absolute Gasteiger partial charge is 0.464 e. The van der Waals surface area contributed by atoms with Crippen LogP contribution < -0.4 is 5.32 Å². The second-order valence-corrected chi connectivity index (χ2v) is 5.89. The van der Waals surface area contributed by atoms with Crippen LogP contribution in [0.2, 0.25) is 0 Å². The van der Waals surface area contributed by atoms with Crippen LogP contribution in [0.25, 0.3) is 0 Å². The van der Waals surface area contributed by atoms with E-state index in [2.05, 4.69) is 12.2 Å². The third-order valence-electron chi connectivity index (χ3n) is 4.17. The molecular formula is C17H24FNO2. The lowest BCUT2D eigenvalue weighted by Gasteiger charge is -2.33. The van der Waals surface area contributed by atoms with Gasteiger partial charge in [-0.05, 0) is 43.7 Å².